The Morgan fingerprint density at radius 2 is 2.17 bits per heavy atom. The van der Waals surface area contributed by atoms with E-state index in [0.717, 1.165) is 23.5 Å². The van der Waals surface area contributed by atoms with Gasteiger partial charge in [0, 0.05) is 30.9 Å². The second kappa shape index (κ2) is 7.01. The van der Waals surface area contributed by atoms with Crippen molar-refractivity contribution in [2.24, 2.45) is 0 Å². The van der Waals surface area contributed by atoms with E-state index in [1.807, 2.05) is 32.0 Å². The van der Waals surface area contributed by atoms with Crippen LogP contribution in [0, 0.1) is 6.92 Å². The minimum absolute atomic E-state index is 0.0628. The SMILES string of the molecule is CCOC[C@H](C)Nc1cc(NC(C)=O)ccc1C. The zero-order chi connectivity index (χ0) is 13.5. The molecule has 0 aromatic heterocycles. The lowest BCUT2D eigenvalue weighted by molar-refractivity contribution is -0.114. The summed E-state index contributed by atoms with van der Waals surface area (Å²) in [6.07, 6.45) is 0. The van der Waals surface area contributed by atoms with Crippen LogP contribution in [0.4, 0.5) is 11.4 Å². The van der Waals surface area contributed by atoms with Gasteiger partial charge in [-0.1, -0.05) is 6.07 Å². The summed E-state index contributed by atoms with van der Waals surface area (Å²) in [7, 11) is 0. The van der Waals surface area contributed by atoms with Crippen LogP contribution in [0.3, 0.4) is 0 Å². The molecule has 1 amide bonds. The normalized spacial score (nSPS) is 12.0. The lowest BCUT2D eigenvalue weighted by Crippen LogP contribution is -2.22. The Balaban J connectivity index is 2.71. The fourth-order valence-corrected chi connectivity index (χ4v) is 1.66. The molecule has 100 valence electrons. The maximum Gasteiger partial charge on any atom is 0.221 e. The molecule has 0 aliphatic heterocycles. The third kappa shape index (κ3) is 4.75. The summed E-state index contributed by atoms with van der Waals surface area (Å²) in [6.45, 7) is 8.98. The van der Waals surface area contributed by atoms with Crippen LogP contribution in [-0.2, 0) is 9.53 Å². The Kier molecular flexibility index (Phi) is 5.65. The predicted octanol–water partition coefficient (Wildman–Crippen LogP) is 2.79. The topological polar surface area (TPSA) is 50.4 Å². The van der Waals surface area contributed by atoms with Crippen LogP contribution >= 0.6 is 0 Å². The van der Waals surface area contributed by atoms with Gasteiger partial charge in [-0.25, -0.2) is 0 Å². The van der Waals surface area contributed by atoms with E-state index in [1.165, 1.54) is 6.92 Å². The Bertz CT molecular complexity index is 405. The first-order valence-electron chi connectivity index (χ1n) is 6.25. The molecule has 4 heteroatoms. The van der Waals surface area contributed by atoms with E-state index >= 15 is 0 Å². The van der Waals surface area contributed by atoms with Gasteiger partial charge < -0.3 is 15.4 Å². The van der Waals surface area contributed by atoms with Gasteiger partial charge in [-0.15, -0.1) is 0 Å². The molecule has 0 spiro atoms. The summed E-state index contributed by atoms with van der Waals surface area (Å²) in [6, 6.07) is 6.06. The predicted molar refractivity (Wildman–Crippen MR) is 75.1 cm³/mol. The maximum atomic E-state index is 11.0. The third-order valence-corrected chi connectivity index (χ3v) is 2.53. The lowest BCUT2D eigenvalue weighted by atomic mass is 10.1. The molecule has 0 radical (unpaired) electrons. The minimum atomic E-state index is -0.0628. The Hall–Kier alpha value is -1.55. The van der Waals surface area contributed by atoms with Crippen LogP contribution in [0.15, 0.2) is 18.2 Å². The number of hydrogen-bond donors (Lipinski definition) is 2. The van der Waals surface area contributed by atoms with Gasteiger partial charge in [-0.05, 0) is 38.5 Å². The summed E-state index contributed by atoms with van der Waals surface area (Å²) in [5.41, 5.74) is 2.97. The number of amides is 1. The molecule has 1 atom stereocenters. The molecule has 1 aromatic carbocycles. The molecule has 0 saturated heterocycles. The molecule has 1 rings (SSSR count). The van der Waals surface area contributed by atoms with Crippen molar-refractivity contribution in [3.05, 3.63) is 23.8 Å². The average Bonchev–Trinajstić information content (AvgIpc) is 2.30. The molecule has 0 aliphatic rings. The fourth-order valence-electron chi connectivity index (χ4n) is 1.66. The maximum absolute atomic E-state index is 11.0. The van der Waals surface area contributed by atoms with Gasteiger partial charge in [-0.3, -0.25) is 4.79 Å². The summed E-state index contributed by atoms with van der Waals surface area (Å²) in [4.78, 5) is 11.0. The number of nitrogens with one attached hydrogen (secondary N) is 2. The van der Waals surface area contributed by atoms with Crippen LogP contribution in [0.25, 0.3) is 0 Å². The molecule has 0 fully saturated rings. The monoisotopic (exact) mass is 250 g/mol. The Morgan fingerprint density at radius 1 is 1.44 bits per heavy atom. The van der Waals surface area contributed by atoms with Gasteiger partial charge in [0.25, 0.3) is 0 Å². The van der Waals surface area contributed by atoms with Gasteiger partial charge in [-0.2, -0.15) is 0 Å². The standard InChI is InChI=1S/C14H22N2O2/c1-5-18-9-11(3)15-14-8-13(16-12(4)17)7-6-10(14)2/h6-8,11,15H,5,9H2,1-4H3,(H,16,17)/t11-/m0/s1. The highest BCUT2D eigenvalue weighted by Crippen LogP contribution is 2.21. The summed E-state index contributed by atoms with van der Waals surface area (Å²) in [5, 5.41) is 6.16. The number of ether oxygens (including phenoxy) is 1. The van der Waals surface area contributed by atoms with E-state index in [0.29, 0.717) is 6.61 Å². The van der Waals surface area contributed by atoms with E-state index in [1.54, 1.807) is 0 Å². The van der Waals surface area contributed by atoms with Crippen molar-refractivity contribution in [1.82, 2.24) is 0 Å². The third-order valence-electron chi connectivity index (χ3n) is 2.53. The zero-order valence-electron chi connectivity index (χ0n) is 11.5. The number of rotatable bonds is 6. The summed E-state index contributed by atoms with van der Waals surface area (Å²) < 4.78 is 5.37. The van der Waals surface area contributed by atoms with Crippen LogP contribution in [0.2, 0.25) is 0 Å². The molecule has 18 heavy (non-hydrogen) atoms. The highest BCUT2D eigenvalue weighted by molar-refractivity contribution is 5.89. The second-order valence-electron chi connectivity index (χ2n) is 4.42. The highest BCUT2D eigenvalue weighted by Gasteiger charge is 2.06. The van der Waals surface area contributed by atoms with Crippen molar-refractivity contribution in [1.29, 1.82) is 0 Å². The quantitative estimate of drug-likeness (QED) is 0.816. The van der Waals surface area contributed by atoms with Crippen molar-refractivity contribution < 1.29 is 9.53 Å². The Morgan fingerprint density at radius 3 is 2.78 bits per heavy atom. The largest absolute Gasteiger partial charge is 0.380 e. The van der Waals surface area contributed by atoms with Gasteiger partial charge in [0.05, 0.1) is 6.61 Å². The van der Waals surface area contributed by atoms with Crippen molar-refractivity contribution in [2.45, 2.75) is 33.7 Å². The zero-order valence-corrected chi connectivity index (χ0v) is 11.5. The molecule has 2 N–H and O–H groups in total. The van der Waals surface area contributed by atoms with Crippen LogP contribution in [-0.4, -0.2) is 25.2 Å². The van der Waals surface area contributed by atoms with Gasteiger partial charge in [0.1, 0.15) is 0 Å². The molecule has 0 saturated carbocycles. The number of benzene rings is 1. The highest BCUT2D eigenvalue weighted by atomic mass is 16.5. The van der Waals surface area contributed by atoms with Gasteiger partial charge in [0.15, 0.2) is 0 Å². The van der Waals surface area contributed by atoms with E-state index in [2.05, 4.69) is 17.6 Å². The van der Waals surface area contributed by atoms with Crippen LogP contribution in [0.5, 0.6) is 0 Å². The molecule has 0 unspecified atom stereocenters. The lowest BCUT2D eigenvalue weighted by Gasteiger charge is -2.17. The van der Waals surface area contributed by atoms with E-state index in [9.17, 15) is 4.79 Å². The Labute approximate surface area is 109 Å². The first-order valence-corrected chi connectivity index (χ1v) is 6.25. The molecule has 0 heterocycles. The van der Waals surface area contributed by atoms with Crippen LogP contribution < -0.4 is 10.6 Å². The number of aryl methyl sites for hydroxylation is 1. The molecule has 4 nitrogen and oxygen atoms in total. The van der Waals surface area contributed by atoms with Crippen LogP contribution in [0.1, 0.15) is 26.3 Å². The smallest absolute Gasteiger partial charge is 0.221 e. The number of carbonyl (C=O) groups is 1. The molecule has 0 bridgehead atoms. The van der Waals surface area contributed by atoms with Gasteiger partial charge >= 0.3 is 0 Å². The van der Waals surface area contributed by atoms with E-state index in [4.69, 9.17) is 4.74 Å². The molecule has 1 aromatic rings. The van der Waals surface area contributed by atoms with Crippen molar-refractivity contribution in [3.8, 4) is 0 Å². The molecule has 0 aliphatic carbocycles. The molecular formula is C14H22N2O2. The van der Waals surface area contributed by atoms with Crippen molar-refractivity contribution in [2.75, 3.05) is 23.8 Å². The van der Waals surface area contributed by atoms with E-state index in [-0.39, 0.29) is 11.9 Å². The summed E-state index contributed by atoms with van der Waals surface area (Å²) in [5.74, 6) is -0.0628. The van der Waals surface area contributed by atoms with Gasteiger partial charge in [0.2, 0.25) is 5.91 Å². The second-order valence-corrected chi connectivity index (χ2v) is 4.42. The molecular weight excluding hydrogens is 228 g/mol. The number of hydrogen-bond acceptors (Lipinski definition) is 3. The first-order chi connectivity index (χ1) is 8.52. The number of carbonyl (C=O) groups excluding carboxylic acids is 1. The van der Waals surface area contributed by atoms with Crippen molar-refractivity contribution >= 4 is 17.3 Å². The number of anilines is 2. The summed E-state index contributed by atoms with van der Waals surface area (Å²) >= 11 is 0. The first kappa shape index (κ1) is 14.5. The van der Waals surface area contributed by atoms with E-state index < -0.39 is 0 Å². The van der Waals surface area contributed by atoms with Crippen molar-refractivity contribution in [3.63, 3.8) is 0 Å². The fraction of sp³-hybridized carbons (Fsp3) is 0.500. The minimum Gasteiger partial charge on any atom is -0.380 e. The average molecular weight is 250 g/mol.